The molecule has 2 N–H and O–H groups in total. The van der Waals surface area contributed by atoms with Crippen LogP contribution >= 0.6 is 0 Å². The lowest BCUT2D eigenvalue weighted by molar-refractivity contribution is 0.715. The number of aromatic nitrogens is 2. The normalized spacial score (nSPS) is 10.5. The highest BCUT2D eigenvalue weighted by atomic mass is 16.1. The molecule has 2 aromatic heterocycles. The molecule has 0 aromatic carbocycles. The molecule has 0 fully saturated rings. The number of pyridine rings is 2. The monoisotopic (exact) mass is 229 g/mol. The summed E-state index contributed by atoms with van der Waals surface area (Å²) >= 11 is 0. The first kappa shape index (κ1) is 11.5. The first-order valence-electron chi connectivity index (χ1n) is 5.50. The van der Waals surface area contributed by atoms with Crippen LogP contribution in [-0.4, -0.2) is 9.55 Å². The highest BCUT2D eigenvalue weighted by molar-refractivity contribution is 5.18. The Morgan fingerprint density at radius 3 is 2.59 bits per heavy atom. The molecule has 17 heavy (non-hydrogen) atoms. The third-order valence-electron chi connectivity index (χ3n) is 2.78. The van der Waals surface area contributed by atoms with Gasteiger partial charge < -0.3 is 10.3 Å². The van der Waals surface area contributed by atoms with Gasteiger partial charge in [0.15, 0.2) is 0 Å². The minimum atomic E-state index is -0.00990. The molecule has 0 bridgehead atoms. The van der Waals surface area contributed by atoms with Crippen LogP contribution < -0.4 is 11.3 Å². The summed E-state index contributed by atoms with van der Waals surface area (Å²) in [6.45, 7) is 2.75. The van der Waals surface area contributed by atoms with Crippen LogP contribution in [0, 0.1) is 6.92 Å². The third-order valence-corrected chi connectivity index (χ3v) is 2.78. The summed E-state index contributed by atoms with van der Waals surface area (Å²) in [7, 11) is 0. The smallest absolute Gasteiger partial charge is 0.255 e. The van der Waals surface area contributed by atoms with E-state index in [1.807, 2.05) is 25.1 Å². The van der Waals surface area contributed by atoms with E-state index in [-0.39, 0.29) is 12.1 Å². The SMILES string of the molecule is Cc1ccc(CN)c(=O)n1Cc1ccncc1. The molecule has 2 aromatic rings. The van der Waals surface area contributed by atoms with Crippen LogP contribution in [-0.2, 0) is 13.1 Å². The summed E-state index contributed by atoms with van der Waals surface area (Å²) in [4.78, 5) is 16.1. The van der Waals surface area contributed by atoms with Crippen molar-refractivity contribution in [1.29, 1.82) is 0 Å². The molecule has 0 amide bonds. The molecule has 2 heterocycles. The first-order valence-corrected chi connectivity index (χ1v) is 5.50. The molecular weight excluding hydrogens is 214 g/mol. The lowest BCUT2D eigenvalue weighted by atomic mass is 10.2. The molecular formula is C13H15N3O. The van der Waals surface area contributed by atoms with E-state index in [2.05, 4.69) is 4.98 Å². The van der Waals surface area contributed by atoms with Gasteiger partial charge in [-0.1, -0.05) is 6.07 Å². The second-order valence-corrected chi connectivity index (χ2v) is 3.95. The zero-order chi connectivity index (χ0) is 12.3. The number of hydrogen-bond acceptors (Lipinski definition) is 3. The van der Waals surface area contributed by atoms with E-state index >= 15 is 0 Å². The summed E-state index contributed by atoms with van der Waals surface area (Å²) in [5.74, 6) is 0. The number of nitrogens with two attached hydrogens (primary N) is 1. The van der Waals surface area contributed by atoms with Crippen molar-refractivity contribution in [2.45, 2.75) is 20.0 Å². The van der Waals surface area contributed by atoms with Gasteiger partial charge in [0.05, 0.1) is 6.54 Å². The standard InChI is InChI=1S/C13H15N3O/c1-10-2-3-12(8-14)13(17)16(10)9-11-4-6-15-7-5-11/h2-7H,8-9,14H2,1H3. The maximum absolute atomic E-state index is 12.1. The minimum Gasteiger partial charge on any atom is -0.326 e. The van der Waals surface area contributed by atoms with Gasteiger partial charge in [-0.05, 0) is 30.7 Å². The van der Waals surface area contributed by atoms with Gasteiger partial charge in [-0.3, -0.25) is 9.78 Å². The molecule has 0 saturated heterocycles. The van der Waals surface area contributed by atoms with Crippen LogP contribution in [0.25, 0.3) is 0 Å². The van der Waals surface area contributed by atoms with Crippen molar-refractivity contribution in [2.75, 3.05) is 0 Å². The zero-order valence-electron chi connectivity index (χ0n) is 9.76. The topological polar surface area (TPSA) is 60.9 Å². The second kappa shape index (κ2) is 4.93. The molecule has 2 rings (SSSR count). The van der Waals surface area contributed by atoms with E-state index in [9.17, 15) is 4.79 Å². The van der Waals surface area contributed by atoms with E-state index < -0.39 is 0 Å². The molecule has 0 aliphatic heterocycles. The Kier molecular flexibility index (Phi) is 3.35. The molecule has 88 valence electrons. The lowest BCUT2D eigenvalue weighted by Gasteiger charge is -2.11. The molecule has 0 saturated carbocycles. The van der Waals surface area contributed by atoms with Crippen molar-refractivity contribution in [3.8, 4) is 0 Å². The summed E-state index contributed by atoms with van der Waals surface area (Å²) in [5.41, 5.74) is 8.16. The van der Waals surface area contributed by atoms with Gasteiger partial charge in [0, 0.05) is 30.2 Å². The fourth-order valence-electron chi connectivity index (χ4n) is 1.74. The number of rotatable bonds is 3. The Bertz CT molecular complexity index is 561. The molecule has 0 aliphatic rings. The molecule has 0 radical (unpaired) electrons. The van der Waals surface area contributed by atoms with Crippen LogP contribution in [0.4, 0.5) is 0 Å². The predicted molar refractivity (Wildman–Crippen MR) is 66.7 cm³/mol. The third kappa shape index (κ3) is 2.42. The number of nitrogens with zero attached hydrogens (tertiary/aromatic N) is 2. The maximum Gasteiger partial charge on any atom is 0.255 e. The number of hydrogen-bond donors (Lipinski definition) is 1. The van der Waals surface area contributed by atoms with Gasteiger partial charge in [0.2, 0.25) is 0 Å². The molecule has 0 atom stereocenters. The second-order valence-electron chi connectivity index (χ2n) is 3.95. The van der Waals surface area contributed by atoms with Crippen LogP contribution in [0.2, 0.25) is 0 Å². The van der Waals surface area contributed by atoms with Crippen molar-refractivity contribution in [2.24, 2.45) is 5.73 Å². The van der Waals surface area contributed by atoms with Gasteiger partial charge in [-0.15, -0.1) is 0 Å². The van der Waals surface area contributed by atoms with Crippen LogP contribution in [0.3, 0.4) is 0 Å². The average molecular weight is 229 g/mol. The predicted octanol–water partition coefficient (Wildman–Crippen LogP) is 1.06. The van der Waals surface area contributed by atoms with Crippen molar-refractivity contribution in [1.82, 2.24) is 9.55 Å². The van der Waals surface area contributed by atoms with Crippen molar-refractivity contribution >= 4 is 0 Å². The van der Waals surface area contributed by atoms with E-state index in [0.29, 0.717) is 12.1 Å². The van der Waals surface area contributed by atoms with Crippen molar-refractivity contribution in [3.63, 3.8) is 0 Å². The van der Waals surface area contributed by atoms with Gasteiger partial charge in [0.25, 0.3) is 5.56 Å². The molecule has 0 aliphatic carbocycles. The maximum atomic E-state index is 12.1. The summed E-state index contributed by atoms with van der Waals surface area (Å²) in [6.07, 6.45) is 3.45. The fraction of sp³-hybridized carbons (Fsp3) is 0.231. The number of aryl methyl sites for hydroxylation is 1. The van der Waals surface area contributed by atoms with Crippen molar-refractivity contribution < 1.29 is 0 Å². The molecule has 4 heteroatoms. The Morgan fingerprint density at radius 1 is 1.24 bits per heavy atom. The zero-order valence-corrected chi connectivity index (χ0v) is 9.76. The van der Waals surface area contributed by atoms with Gasteiger partial charge in [-0.2, -0.15) is 0 Å². The lowest BCUT2D eigenvalue weighted by Crippen LogP contribution is -2.27. The van der Waals surface area contributed by atoms with E-state index in [0.717, 1.165) is 11.3 Å². The Hall–Kier alpha value is -1.94. The Labute approximate surface area is 99.7 Å². The quantitative estimate of drug-likeness (QED) is 0.856. The highest BCUT2D eigenvalue weighted by Gasteiger charge is 2.05. The van der Waals surface area contributed by atoms with Gasteiger partial charge >= 0.3 is 0 Å². The highest BCUT2D eigenvalue weighted by Crippen LogP contribution is 2.03. The summed E-state index contributed by atoms with van der Waals surface area (Å²) < 4.78 is 1.73. The summed E-state index contributed by atoms with van der Waals surface area (Å²) in [5, 5.41) is 0. The van der Waals surface area contributed by atoms with Crippen molar-refractivity contribution in [3.05, 3.63) is 63.8 Å². The molecule has 4 nitrogen and oxygen atoms in total. The van der Waals surface area contributed by atoms with E-state index in [1.165, 1.54) is 0 Å². The van der Waals surface area contributed by atoms with Gasteiger partial charge in [0.1, 0.15) is 0 Å². The van der Waals surface area contributed by atoms with Gasteiger partial charge in [-0.25, -0.2) is 0 Å². The van der Waals surface area contributed by atoms with E-state index in [1.54, 1.807) is 23.0 Å². The van der Waals surface area contributed by atoms with Crippen LogP contribution in [0.15, 0.2) is 41.5 Å². The van der Waals surface area contributed by atoms with Crippen LogP contribution in [0.5, 0.6) is 0 Å². The van der Waals surface area contributed by atoms with Crippen LogP contribution in [0.1, 0.15) is 16.8 Å². The molecule has 0 spiro atoms. The average Bonchev–Trinajstić information content (AvgIpc) is 2.36. The summed E-state index contributed by atoms with van der Waals surface area (Å²) in [6, 6.07) is 7.52. The largest absolute Gasteiger partial charge is 0.326 e. The Morgan fingerprint density at radius 2 is 1.94 bits per heavy atom. The fourth-order valence-corrected chi connectivity index (χ4v) is 1.74. The molecule has 0 unspecified atom stereocenters. The van der Waals surface area contributed by atoms with E-state index in [4.69, 9.17) is 5.73 Å². The minimum absolute atomic E-state index is 0.00990. The first-order chi connectivity index (χ1) is 8.22. The Balaban J connectivity index is 2.42.